The van der Waals surface area contributed by atoms with Crippen molar-refractivity contribution in [1.82, 2.24) is 15.1 Å². The Morgan fingerprint density at radius 1 is 1.62 bits per heavy atom. The molecule has 1 heterocycles. The maximum Gasteiger partial charge on any atom is 0.0739 e. The Balaban J connectivity index is 2.52. The zero-order chi connectivity index (χ0) is 12.3. The predicted octanol–water partition coefficient (Wildman–Crippen LogP) is 1.35. The van der Waals surface area contributed by atoms with Gasteiger partial charge in [-0.05, 0) is 29.8 Å². The molecule has 0 spiro atoms. The molecule has 0 aromatic carbocycles. The van der Waals surface area contributed by atoms with Crippen molar-refractivity contribution in [1.29, 1.82) is 0 Å². The van der Waals surface area contributed by atoms with E-state index in [4.69, 9.17) is 0 Å². The van der Waals surface area contributed by atoms with Crippen LogP contribution in [0.5, 0.6) is 0 Å². The summed E-state index contributed by atoms with van der Waals surface area (Å²) in [5, 5.41) is 7.78. The van der Waals surface area contributed by atoms with E-state index in [-0.39, 0.29) is 5.25 Å². The fourth-order valence-corrected chi connectivity index (χ4v) is 2.21. The third-order valence-corrected chi connectivity index (χ3v) is 4.88. The highest BCUT2D eigenvalue weighted by atomic mass is 79.9. The van der Waals surface area contributed by atoms with Crippen molar-refractivity contribution in [2.45, 2.75) is 25.6 Å². The molecule has 0 radical (unpaired) electrons. The Bertz CT molecular complexity index is 392. The predicted molar refractivity (Wildman–Crippen MR) is 70.9 cm³/mol. The van der Waals surface area contributed by atoms with Crippen LogP contribution in [-0.4, -0.2) is 32.0 Å². The van der Waals surface area contributed by atoms with Crippen molar-refractivity contribution in [2.75, 3.05) is 12.8 Å². The summed E-state index contributed by atoms with van der Waals surface area (Å²) in [5.74, 6) is 0. The minimum Gasteiger partial charge on any atom is -0.310 e. The lowest BCUT2D eigenvalue weighted by Crippen LogP contribution is -2.28. The van der Waals surface area contributed by atoms with Gasteiger partial charge in [-0.3, -0.25) is 8.89 Å². The van der Waals surface area contributed by atoms with Gasteiger partial charge in [-0.1, -0.05) is 0 Å². The molecule has 92 valence electrons. The lowest BCUT2D eigenvalue weighted by Gasteiger charge is -2.10. The molecule has 1 aromatic rings. The zero-order valence-electron chi connectivity index (χ0n) is 10.1. The fourth-order valence-electron chi connectivity index (χ4n) is 1.38. The van der Waals surface area contributed by atoms with Crippen LogP contribution in [0, 0.1) is 6.92 Å². The highest BCUT2D eigenvalue weighted by Crippen LogP contribution is 2.19. The molecular formula is C10H18BrN3OS. The maximum atomic E-state index is 11.2. The molecule has 0 aliphatic rings. The summed E-state index contributed by atoms with van der Waals surface area (Å²) in [4.78, 5) is 0. The summed E-state index contributed by atoms with van der Waals surface area (Å²) < 4.78 is 14.1. The first kappa shape index (κ1) is 13.9. The average molecular weight is 308 g/mol. The van der Waals surface area contributed by atoms with E-state index in [0.29, 0.717) is 0 Å². The van der Waals surface area contributed by atoms with Crippen molar-refractivity contribution < 1.29 is 4.21 Å². The Labute approximate surface area is 107 Å². The molecule has 1 N–H and O–H groups in total. The molecule has 2 atom stereocenters. The van der Waals surface area contributed by atoms with E-state index in [1.54, 1.807) is 6.26 Å². The number of hydrogen-bond donors (Lipinski definition) is 1. The Hall–Kier alpha value is -0.200. The van der Waals surface area contributed by atoms with Gasteiger partial charge in [0, 0.05) is 42.4 Å². The number of aromatic nitrogens is 2. The van der Waals surface area contributed by atoms with E-state index in [1.165, 1.54) is 0 Å². The van der Waals surface area contributed by atoms with E-state index in [0.717, 1.165) is 29.0 Å². The number of halogens is 1. The molecule has 6 heteroatoms. The van der Waals surface area contributed by atoms with Gasteiger partial charge >= 0.3 is 0 Å². The van der Waals surface area contributed by atoms with E-state index >= 15 is 0 Å². The largest absolute Gasteiger partial charge is 0.310 e. The Kier molecular flexibility index (Phi) is 5.14. The SMILES string of the molecule is Cc1nn(C)c(CNCC(C)S(C)=O)c1Br. The Morgan fingerprint density at radius 3 is 2.69 bits per heavy atom. The minimum atomic E-state index is -0.770. The van der Waals surface area contributed by atoms with Crippen LogP contribution in [-0.2, 0) is 24.4 Å². The topological polar surface area (TPSA) is 46.9 Å². The van der Waals surface area contributed by atoms with Gasteiger partial charge in [-0.2, -0.15) is 5.10 Å². The third kappa shape index (κ3) is 3.40. The molecule has 1 rings (SSSR count). The van der Waals surface area contributed by atoms with Crippen LogP contribution in [0.1, 0.15) is 18.3 Å². The summed E-state index contributed by atoms with van der Waals surface area (Å²) in [6.07, 6.45) is 1.73. The number of rotatable bonds is 5. The van der Waals surface area contributed by atoms with Gasteiger partial charge in [-0.25, -0.2) is 0 Å². The molecule has 2 unspecified atom stereocenters. The quantitative estimate of drug-likeness (QED) is 0.893. The van der Waals surface area contributed by atoms with Crippen LogP contribution in [0.15, 0.2) is 4.47 Å². The van der Waals surface area contributed by atoms with Crippen molar-refractivity contribution in [2.24, 2.45) is 7.05 Å². The van der Waals surface area contributed by atoms with Crippen molar-refractivity contribution >= 4 is 26.7 Å². The van der Waals surface area contributed by atoms with E-state index < -0.39 is 10.8 Å². The standard InChI is InChI=1S/C10H18BrN3OS/c1-7(16(4)15)5-12-6-9-10(11)8(2)13-14(9)3/h7,12H,5-6H2,1-4H3. The zero-order valence-corrected chi connectivity index (χ0v) is 12.5. The second-order valence-corrected chi connectivity index (χ2v) is 6.50. The van der Waals surface area contributed by atoms with E-state index in [1.807, 2.05) is 25.6 Å². The monoisotopic (exact) mass is 307 g/mol. The first-order valence-corrected chi connectivity index (χ1v) is 7.55. The molecule has 0 amide bonds. The van der Waals surface area contributed by atoms with Crippen LogP contribution in [0.25, 0.3) is 0 Å². The van der Waals surface area contributed by atoms with Crippen molar-refractivity contribution in [3.63, 3.8) is 0 Å². The number of hydrogen-bond acceptors (Lipinski definition) is 3. The van der Waals surface area contributed by atoms with Gasteiger partial charge in [-0.15, -0.1) is 0 Å². The van der Waals surface area contributed by atoms with Crippen molar-refractivity contribution in [3.05, 3.63) is 15.9 Å². The highest BCUT2D eigenvalue weighted by molar-refractivity contribution is 9.10. The number of nitrogens with one attached hydrogen (secondary N) is 1. The minimum absolute atomic E-state index is 0.174. The third-order valence-electron chi connectivity index (χ3n) is 2.55. The molecule has 0 aliphatic carbocycles. The fraction of sp³-hybridized carbons (Fsp3) is 0.700. The summed E-state index contributed by atoms with van der Waals surface area (Å²) in [5.41, 5.74) is 2.11. The second kappa shape index (κ2) is 5.93. The van der Waals surface area contributed by atoms with Crippen LogP contribution in [0.4, 0.5) is 0 Å². The molecule has 4 nitrogen and oxygen atoms in total. The second-order valence-electron chi connectivity index (χ2n) is 3.91. The molecule has 16 heavy (non-hydrogen) atoms. The van der Waals surface area contributed by atoms with E-state index in [2.05, 4.69) is 26.3 Å². The summed E-state index contributed by atoms with van der Waals surface area (Å²) in [7, 11) is 1.16. The summed E-state index contributed by atoms with van der Waals surface area (Å²) in [6.45, 7) is 5.43. The average Bonchev–Trinajstić information content (AvgIpc) is 2.44. The van der Waals surface area contributed by atoms with Crippen LogP contribution in [0.3, 0.4) is 0 Å². The maximum absolute atomic E-state index is 11.2. The van der Waals surface area contributed by atoms with Gasteiger partial charge in [0.25, 0.3) is 0 Å². The first-order valence-electron chi connectivity index (χ1n) is 5.14. The van der Waals surface area contributed by atoms with Crippen LogP contribution >= 0.6 is 15.9 Å². The number of aryl methyl sites for hydroxylation is 2. The van der Waals surface area contributed by atoms with Crippen molar-refractivity contribution in [3.8, 4) is 0 Å². The smallest absolute Gasteiger partial charge is 0.0739 e. The molecular weight excluding hydrogens is 290 g/mol. The first-order chi connectivity index (χ1) is 7.43. The van der Waals surface area contributed by atoms with E-state index in [9.17, 15) is 4.21 Å². The lowest BCUT2D eigenvalue weighted by atomic mass is 10.3. The van der Waals surface area contributed by atoms with Gasteiger partial charge < -0.3 is 5.32 Å². The highest BCUT2D eigenvalue weighted by Gasteiger charge is 2.11. The molecule has 0 saturated carbocycles. The van der Waals surface area contributed by atoms with Gasteiger partial charge in [0.2, 0.25) is 0 Å². The molecule has 0 fully saturated rings. The molecule has 0 saturated heterocycles. The van der Waals surface area contributed by atoms with Gasteiger partial charge in [0.15, 0.2) is 0 Å². The van der Waals surface area contributed by atoms with Gasteiger partial charge in [0.1, 0.15) is 0 Å². The Morgan fingerprint density at radius 2 is 2.25 bits per heavy atom. The molecule has 0 bridgehead atoms. The summed E-state index contributed by atoms with van der Waals surface area (Å²) in [6, 6.07) is 0. The van der Waals surface area contributed by atoms with Gasteiger partial charge in [0.05, 0.1) is 15.9 Å². The van der Waals surface area contributed by atoms with Crippen LogP contribution in [0.2, 0.25) is 0 Å². The van der Waals surface area contributed by atoms with Crippen LogP contribution < -0.4 is 5.32 Å². The molecule has 0 aliphatic heterocycles. The summed E-state index contributed by atoms with van der Waals surface area (Å²) >= 11 is 3.51. The molecule has 1 aromatic heterocycles. The lowest BCUT2D eigenvalue weighted by molar-refractivity contribution is 0.612. The number of nitrogens with zero attached hydrogens (tertiary/aromatic N) is 2. The normalized spacial score (nSPS) is 15.1.